The molecule has 1 aromatic rings. The fourth-order valence-electron chi connectivity index (χ4n) is 1.15. The van der Waals surface area contributed by atoms with Crippen molar-refractivity contribution in [2.45, 2.75) is 31.7 Å². The molecule has 0 saturated carbocycles. The van der Waals surface area contributed by atoms with E-state index in [0.29, 0.717) is 5.56 Å². The lowest BCUT2D eigenvalue weighted by molar-refractivity contribution is 0.0912. The molecule has 0 spiro atoms. The minimum atomic E-state index is -0.451. The van der Waals surface area contributed by atoms with Crippen molar-refractivity contribution in [2.75, 3.05) is 0 Å². The fourth-order valence-corrected chi connectivity index (χ4v) is 2.50. The predicted octanol–water partition coefficient (Wildman–Crippen LogP) is 4.35. The highest BCUT2D eigenvalue weighted by molar-refractivity contribution is 9.11. The maximum atomic E-state index is 12.1. The van der Waals surface area contributed by atoms with Gasteiger partial charge in [-0.1, -0.05) is 31.9 Å². The number of nitrogens with one attached hydrogen (secondary N) is 1. The van der Waals surface area contributed by atoms with Gasteiger partial charge in [0.15, 0.2) is 0 Å². The number of rotatable bonds is 3. The van der Waals surface area contributed by atoms with Gasteiger partial charge in [0, 0.05) is 14.5 Å². The van der Waals surface area contributed by atoms with E-state index in [0.717, 1.165) is 8.95 Å². The number of amides is 1. The summed E-state index contributed by atoms with van der Waals surface area (Å²) in [5.74, 6) is -0.135. The van der Waals surface area contributed by atoms with Crippen LogP contribution in [0.2, 0.25) is 0 Å². The van der Waals surface area contributed by atoms with Crippen molar-refractivity contribution in [3.05, 3.63) is 32.7 Å². The molecular weight excluding hydrogens is 369 g/mol. The van der Waals surface area contributed by atoms with Crippen molar-refractivity contribution in [1.29, 1.82) is 0 Å². The van der Waals surface area contributed by atoms with Crippen molar-refractivity contribution < 1.29 is 4.79 Å². The van der Waals surface area contributed by atoms with Crippen molar-refractivity contribution in [2.24, 2.45) is 0 Å². The van der Waals surface area contributed by atoms with E-state index in [2.05, 4.69) is 37.2 Å². The summed E-state index contributed by atoms with van der Waals surface area (Å²) < 4.78 is 1.71. The Labute approximate surface area is 123 Å². The summed E-state index contributed by atoms with van der Waals surface area (Å²) in [4.78, 5) is 12.1. The Morgan fingerprint density at radius 1 is 1.29 bits per heavy atom. The highest BCUT2D eigenvalue weighted by Crippen LogP contribution is 2.21. The summed E-state index contributed by atoms with van der Waals surface area (Å²) in [6.07, 6.45) is 0. The minimum Gasteiger partial charge on any atom is -0.346 e. The number of halogens is 3. The second kappa shape index (κ2) is 5.72. The molecule has 0 heterocycles. The van der Waals surface area contributed by atoms with E-state index in [1.807, 2.05) is 26.8 Å². The number of carbonyl (C=O) groups is 1. The van der Waals surface area contributed by atoms with Crippen molar-refractivity contribution in [3.8, 4) is 0 Å². The van der Waals surface area contributed by atoms with Gasteiger partial charge in [-0.25, -0.2) is 0 Å². The molecule has 2 nitrogen and oxygen atoms in total. The maximum Gasteiger partial charge on any atom is 0.251 e. The largest absolute Gasteiger partial charge is 0.346 e. The number of benzene rings is 1. The number of carbonyl (C=O) groups excluding carboxylic acids is 1. The third-order valence-corrected chi connectivity index (χ3v) is 4.02. The predicted molar refractivity (Wildman–Crippen MR) is 78.7 cm³/mol. The number of hydrogen-bond acceptors (Lipinski definition) is 1. The zero-order valence-electron chi connectivity index (χ0n) is 9.85. The summed E-state index contributed by atoms with van der Waals surface area (Å²) in [5, 5.41) is 2.76. The van der Waals surface area contributed by atoms with Gasteiger partial charge in [-0.3, -0.25) is 4.79 Å². The van der Waals surface area contributed by atoms with Gasteiger partial charge in [-0.05, 0) is 39.0 Å². The summed E-state index contributed by atoms with van der Waals surface area (Å²) in [6.45, 7) is 5.66. The molecule has 0 bridgehead atoms. The van der Waals surface area contributed by atoms with Crippen LogP contribution in [0.4, 0.5) is 0 Å². The fraction of sp³-hybridized carbons (Fsp3) is 0.417. The molecule has 17 heavy (non-hydrogen) atoms. The van der Waals surface area contributed by atoms with Gasteiger partial charge >= 0.3 is 0 Å². The van der Waals surface area contributed by atoms with Gasteiger partial charge < -0.3 is 5.32 Å². The van der Waals surface area contributed by atoms with Gasteiger partial charge in [-0.2, -0.15) is 0 Å². The average molecular weight is 384 g/mol. The lowest BCUT2D eigenvalue weighted by Crippen LogP contribution is -2.49. The summed E-state index contributed by atoms with van der Waals surface area (Å²) in [6, 6.07) is 5.43. The molecule has 1 aromatic carbocycles. The van der Waals surface area contributed by atoms with Crippen LogP contribution in [0.1, 0.15) is 31.1 Å². The van der Waals surface area contributed by atoms with Crippen molar-refractivity contribution >= 4 is 49.4 Å². The first-order valence-electron chi connectivity index (χ1n) is 5.15. The zero-order chi connectivity index (χ0) is 13.2. The van der Waals surface area contributed by atoms with Crippen molar-refractivity contribution in [1.82, 2.24) is 5.32 Å². The first kappa shape index (κ1) is 15.0. The Bertz CT molecular complexity index is 412. The Hall–Kier alpha value is -0.0600. The first-order chi connectivity index (χ1) is 7.72. The topological polar surface area (TPSA) is 29.1 Å². The van der Waals surface area contributed by atoms with Gasteiger partial charge in [0.05, 0.1) is 10.9 Å². The quantitative estimate of drug-likeness (QED) is 0.773. The molecule has 0 aromatic heterocycles. The molecular formula is C12H14Br2ClNO. The summed E-state index contributed by atoms with van der Waals surface area (Å²) in [7, 11) is 0. The third-order valence-electron chi connectivity index (χ3n) is 2.55. The molecule has 1 unspecified atom stereocenters. The van der Waals surface area contributed by atoms with Gasteiger partial charge in [-0.15, -0.1) is 11.6 Å². The molecule has 0 aliphatic heterocycles. The number of alkyl halides is 1. The molecule has 0 fully saturated rings. The monoisotopic (exact) mass is 381 g/mol. The van der Waals surface area contributed by atoms with Crippen LogP contribution in [0.25, 0.3) is 0 Å². The Kier molecular flexibility index (Phi) is 5.05. The standard InChI is InChI=1S/C12H14Br2ClNO/c1-7(15)12(2,3)16-11(17)8-4-9(13)6-10(14)5-8/h4-7H,1-3H3,(H,16,17). The molecule has 1 atom stereocenters. The van der Waals surface area contributed by atoms with Crippen LogP contribution in [-0.4, -0.2) is 16.8 Å². The molecule has 0 radical (unpaired) electrons. The molecule has 0 aliphatic carbocycles. The summed E-state index contributed by atoms with van der Waals surface area (Å²) in [5.41, 5.74) is 0.143. The second-order valence-corrected chi connectivity index (χ2v) is 6.94. The molecule has 5 heteroatoms. The molecule has 1 amide bonds. The van der Waals surface area contributed by atoms with Gasteiger partial charge in [0.2, 0.25) is 0 Å². The smallest absolute Gasteiger partial charge is 0.251 e. The zero-order valence-corrected chi connectivity index (χ0v) is 13.8. The van der Waals surface area contributed by atoms with E-state index in [1.54, 1.807) is 12.1 Å². The van der Waals surface area contributed by atoms with Crippen LogP contribution < -0.4 is 5.32 Å². The van der Waals surface area contributed by atoms with E-state index in [1.165, 1.54) is 0 Å². The van der Waals surface area contributed by atoms with E-state index >= 15 is 0 Å². The van der Waals surface area contributed by atoms with E-state index in [9.17, 15) is 4.79 Å². The van der Waals surface area contributed by atoms with E-state index in [4.69, 9.17) is 11.6 Å². The van der Waals surface area contributed by atoms with Crippen LogP contribution in [0.15, 0.2) is 27.1 Å². The Morgan fingerprint density at radius 2 is 1.76 bits per heavy atom. The van der Waals surface area contributed by atoms with E-state index in [-0.39, 0.29) is 11.3 Å². The third kappa shape index (κ3) is 4.27. The van der Waals surface area contributed by atoms with Crippen LogP contribution >= 0.6 is 43.5 Å². The number of hydrogen-bond donors (Lipinski definition) is 1. The summed E-state index contributed by atoms with van der Waals surface area (Å²) >= 11 is 12.7. The first-order valence-corrected chi connectivity index (χ1v) is 7.17. The molecule has 0 aliphatic rings. The highest BCUT2D eigenvalue weighted by atomic mass is 79.9. The highest BCUT2D eigenvalue weighted by Gasteiger charge is 2.26. The maximum absolute atomic E-state index is 12.1. The Balaban J connectivity index is 2.91. The average Bonchev–Trinajstić information content (AvgIpc) is 2.15. The van der Waals surface area contributed by atoms with Crippen LogP contribution in [-0.2, 0) is 0 Å². The lowest BCUT2D eigenvalue weighted by atomic mass is 10.0. The van der Waals surface area contributed by atoms with Gasteiger partial charge in [0.25, 0.3) is 5.91 Å². The Morgan fingerprint density at radius 3 is 2.18 bits per heavy atom. The van der Waals surface area contributed by atoms with Crippen LogP contribution in [0, 0.1) is 0 Å². The van der Waals surface area contributed by atoms with Gasteiger partial charge in [0.1, 0.15) is 0 Å². The SMILES string of the molecule is CC(Cl)C(C)(C)NC(=O)c1cc(Br)cc(Br)c1. The molecule has 1 N–H and O–H groups in total. The normalized spacial score (nSPS) is 13.3. The van der Waals surface area contributed by atoms with E-state index < -0.39 is 5.54 Å². The van der Waals surface area contributed by atoms with Crippen molar-refractivity contribution in [3.63, 3.8) is 0 Å². The molecule has 94 valence electrons. The van der Waals surface area contributed by atoms with Crippen LogP contribution in [0.3, 0.4) is 0 Å². The lowest BCUT2D eigenvalue weighted by Gasteiger charge is -2.29. The minimum absolute atomic E-state index is 0.135. The molecule has 0 saturated heterocycles. The second-order valence-electron chi connectivity index (χ2n) is 4.45. The van der Waals surface area contributed by atoms with Crippen LogP contribution in [0.5, 0.6) is 0 Å². The molecule has 1 rings (SSSR count).